The van der Waals surface area contributed by atoms with Crippen LogP contribution in [-0.4, -0.2) is 113 Å². The van der Waals surface area contributed by atoms with E-state index in [0.717, 1.165) is 64.8 Å². The highest BCUT2D eigenvalue weighted by Gasteiger charge is 2.60. The van der Waals surface area contributed by atoms with Gasteiger partial charge < -0.3 is 33.7 Å². The number of aliphatic hydroxyl groups is 1. The van der Waals surface area contributed by atoms with E-state index >= 15 is 0 Å². The zero-order chi connectivity index (χ0) is 28.1. The first-order chi connectivity index (χ1) is 18.5. The lowest BCUT2D eigenvalue weighted by atomic mass is 9.78. The fraction of sp³-hybridized carbons (Fsp3) is 0.593. The molecule has 5 aliphatic heterocycles. The van der Waals surface area contributed by atoms with Crippen LogP contribution in [0, 0.1) is 15.4 Å². The standard InChI is InChI=1S/C27H36IN4O7/c1-16-19(25(27(36)37)30-24(16)23(17(2)33)26(30)35)15-38-21-4-3-18(13-20(21)28)5-6-31-7-10-32(11-8-31,12-9-31)14-22(34)39-29/h3-4,13,16-17,23-24,33H,5-12,14-15,29H2,1-2H3/q+1/p+1/t16?,17?,23-,24-,31?,32?/m1/s1. The molecule has 5 heterocycles. The second-order valence-corrected chi connectivity index (χ2v) is 12.8. The molecule has 4 N–H and O–H groups in total. The van der Waals surface area contributed by atoms with Crippen molar-refractivity contribution in [2.75, 3.05) is 59.0 Å². The topological polar surface area (TPSA) is 139 Å². The van der Waals surface area contributed by atoms with Crippen LogP contribution in [0.5, 0.6) is 5.75 Å². The van der Waals surface area contributed by atoms with Gasteiger partial charge in [-0.25, -0.2) is 9.59 Å². The maximum atomic E-state index is 12.6. The minimum absolute atomic E-state index is 0.0134. The van der Waals surface area contributed by atoms with E-state index in [-0.39, 0.29) is 36.1 Å². The molecule has 11 nitrogen and oxygen atoms in total. The molecular weight excluding hydrogens is 619 g/mol. The number of carboxylic acids is 1. The lowest BCUT2D eigenvalue weighted by Crippen LogP contribution is -2.76. The predicted octanol–water partition coefficient (Wildman–Crippen LogP) is 0.486. The number of hydrogen-bond acceptors (Lipinski definition) is 7. The Balaban J connectivity index is 1.20. The number of quaternary nitrogens is 2. The van der Waals surface area contributed by atoms with Crippen molar-refractivity contribution in [2.24, 2.45) is 17.7 Å². The monoisotopic (exact) mass is 656 g/mol. The van der Waals surface area contributed by atoms with Crippen molar-refractivity contribution >= 4 is 40.4 Å². The number of rotatable bonds is 10. The van der Waals surface area contributed by atoms with Crippen molar-refractivity contribution < 1.29 is 43.1 Å². The van der Waals surface area contributed by atoms with Gasteiger partial charge in [0, 0.05) is 17.9 Å². The largest absolute Gasteiger partial charge is 0.488 e. The quantitative estimate of drug-likeness (QED) is 0.143. The molecule has 1 aromatic carbocycles. The number of carbonyl (C=O) groups excluding carboxylic acids is 2. The van der Waals surface area contributed by atoms with Gasteiger partial charge in [0.05, 0.1) is 28.2 Å². The maximum Gasteiger partial charge on any atom is 0.380 e. The third-order valence-electron chi connectivity index (χ3n) is 9.51. The Morgan fingerprint density at radius 1 is 1.18 bits per heavy atom. The molecule has 1 aromatic rings. The first-order valence-electron chi connectivity index (χ1n) is 13.5. The van der Waals surface area contributed by atoms with Crippen LogP contribution in [0.4, 0.5) is 0 Å². The Kier molecular flexibility index (Phi) is 7.70. The van der Waals surface area contributed by atoms with Crippen LogP contribution in [0.15, 0.2) is 29.5 Å². The van der Waals surface area contributed by atoms with Gasteiger partial charge in [-0.05, 0) is 47.2 Å². The van der Waals surface area contributed by atoms with Crippen LogP contribution in [0.2, 0.25) is 0 Å². The first kappa shape index (κ1) is 28.3. The zero-order valence-corrected chi connectivity index (χ0v) is 24.5. The number of carbonyl (C=O) groups is 3. The summed E-state index contributed by atoms with van der Waals surface area (Å²) in [4.78, 5) is 42.1. The lowest BCUT2D eigenvalue weighted by Gasteiger charge is -2.55. The van der Waals surface area contributed by atoms with Crippen molar-refractivity contribution in [3.63, 3.8) is 0 Å². The summed E-state index contributed by atoms with van der Waals surface area (Å²) in [5.74, 6) is 3.10. The van der Waals surface area contributed by atoms with Crippen molar-refractivity contribution in [1.29, 1.82) is 0 Å². The molecular formula is C27H37IN4O7+2. The van der Waals surface area contributed by atoms with Crippen LogP contribution in [0.1, 0.15) is 19.4 Å². The van der Waals surface area contributed by atoms with E-state index in [1.165, 1.54) is 10.5 Å². The van der Waals surface area contributed by atoms with Crippen molar-refractivity contribution in [1.82, 2.24) is 4.90 Å². The molecule has 4 fully saturated rings. The van der Waals surface area contributed by atoms with E-state index in [9.17, 15) is 24.6 Å². The second-order valence-electron chi connectivity index (χ2n) is 11.6. The van der Waals surface area contributed by atoms with Gasteiger partial charge in [-0.1, -0.05) is 13.0 Å². The van der Waals surface area contributed by atoms with Gasteiger partial charge >= 0.3 is 11.9 Å². The van der Waals surface area contributed by atoms with E-state index in [1.54, 1.807) is 6.92 Å². The first-order valence-corrected chi connectivity index (χ1v) is 14.6. The smallest absolute Gasteiger partial charge is 0.380 e. The molecule has 4 atom stereocenters. The summed E-state index contributed by atoms with van der Waals surface area (Å²) >= 11 is 2.25. The van der Waals surface area contributed by atoms with Gasteiger partial charge in [0.25, 0.3) is 0 Å². The normalized spacial score (nSPS) is 32.1. The van der Waals surface area contributed by atoms with E-state index in [0.29, 0.717) is 17.9 Å². The molecule has 2 bridgehead atoms. The average molecular weight is 657 g/mol. The van der Waals surface area contributed by atoms with Crippen molar-refractivity contribution in [3.8, 4) is 5.75 Å². The molecule has 6 rings (SSSR count). The summed E-state index contributed by atoms with van der Waals surface area (Å²) in [7, 11) is 0. The van der Waals surface area contributed by atoms with Gasteiger partial charge in [-0.2, -0.15) is 5.90 Å². The number of β-lactam (4-membered cyclic amide) rings is 1. The minimum atomic E-state index is -1.15. The molecule has 2 unspecified atom stereocenters. The van der Waals surface area contributed by atoms with Crippen LogP contribution in [0.25, 0.3) is 0 Å². The van der Waals surface area contributed by atoms with Crippen LogP contribution in [-0.2, 0) is 25.6 Å². The minimum Gasteiger partial charge on any atom is -0.488 e. The Hall–Kier alpha value is -2.26. The number of aliphatic carboxylic acids is 1. The molecule has 0 aromatic heterocycles. The highest BCUT2D eigenvalue weighted by molar-refractivity contribution is 14.1. The van der Waals surface area contributed by atoms with E-state index in [4.69, 9.17) is 10.6 Å². The third-order valence-corrected chi connectivity index (χ3v) is 10.4. The van der Waals surface area contributed by atoms with Crippen molar-refractivity contribution in [2.45, 2.75) is 32.4 Å². The summed E-state index contributed by atoms with van der Waals surface area (Å²) < 4.78 is 8.89. The highest BCUT2D eigenvalue weighted by Crippen LogP contribution is 2.47. The Labute approximate surface area is 241 Å². The number of hydrogen-bond donors (Lipinski definition) is 3. The summed E-state index contributed by atoms with van der Waals surface area (Å²) in [5, 5.41) is 19.9. The molecule has 0 spiro atoms. The number of nitrogens with zero attached hydrogens (tertiary/aromatic N) is 3. The predicted molar refractivity (Wildman–Crippen MR) is 148 cm³/mol. The number of aliphatic hydroxyl groups excluding tert-OH is 1. The molecule has 212 valence electrons. The van der Waals surface area contributed by atoms with Gasteiger partial charge in [0.1, 0.15) is 57.3 Å². The number of fused-ring (bicyclic) bond motifs is 4. The van der Waals surface area contributed by atoms with E-state index < -0.39 is 18.0 Å². The van der Waals surface area contributed by atoms with E-state index in [1.807, 2.05) is 13.0 Å². The fourth-order valence-corrected chi connectivity index (χ4v) is 7.74. The second kappa shape index (κ2) is 10.6. The summed E-state index contributed by atoms with van der Waals surface area (Å²) in [6.45, 7) is 11.0. The highest BCUT2D eigenvalue weighted by atomic mass is 127. The third kappa shape index (κ3) is 5.05. The number of piperazine rings is 3. The number of halogens is 1. The van der Waals surface area contributed by atoms with Crippen LogP contribution >= 0.6 is 22.6 Å². The van der Waals surface area contributed by atoms with E-state index in [2.05, 4.69) is 39.6 Å². The van der Waals surface area contributed by atoms with Crippen LogP contribution < -0.4 is 10.6 Å². The molecule has 0 aliphatic carbocycles. The Bertz CT molecular complexity index is 1190. The van der Waals surface area contributed by atoms with Crippen LogP contribution in [0.3, 0.4) is 0 Å². The Morgan fingerprint density at radius 3 is 2.38 bits per heavy atom. The number of amides is 1. The molecule has 0 saturated carbocycles. The molecule has 0 radical (unpaired) electrons. The molecule has 12 heteroatoms. The van der Waals surface area contributed by atoms with Gasteiger partial charge in [0.15, 0.2) is 6.54 Å². The molecule has 1 amide bonds. The molecule has 39 heavy (non-hydrogen) atoms. The number of nitrogens with two attached hydrogens (primary N) is 1. The van der Waals surface area contributed by atoms with Crippen molar-refractivity contribution in [3.05, 3.63) is 38.6 Å². The molecule has 4 saturated heterocycles. The summed E-state index contributed by atoms with van der Waals surface area (Å²) in [5.41, 5.74) is 1.78. The molecule has 5 aliphatic rings. The number of carboxylic acid groups (broad SMARTS) is 1. The number of benzene rings is 1. The average Bonchev–Trinajstić information content (AvgIpc) is 3.15. The SMILES string of the molecule is CC(O)[C@H]1C(=O)N2C(C(=O)O)=C(COc3ccc(CC[N+]45CC[N+](CC(=O)ON)(CC4)CC5)cc3I)C(C)[C@H]12. The Morgan fingerprint density at radius 2 is 1.82 bits per heavy atom. The summed E-state index contributed by atoms with van der Waals surface area (Å²) in [6.07, 6.45) is 0.105. The maximum absolute atomic E-state index is 12.6. The van der Waals surface area contributed by atoms with Gasteiger partial charge in [-0.3, -0.25) is 4.79 Å². The fourth-order valence-electron chi connectivity index (χ4n) is 7.00. The van der Waals surface area contributed by atoms with Gasteiger partial charge in [0.2, 0.25) is 5.91 Å². The number of ether oxygens (including phenoxy) is 1. The van der Waals surface area contributed by atoms with Gasteiger partial charge in [-0.15, -0.1) is 0 Å². The summed E-state index contributed by atoms with van der Waals surface area (Å²) in [6, 6.07) is 5.76. The lowest BCUT2D eigenvalue weighted by molar-refractivity contribution is -1.08. The zero-order valence-electron chi connectivity index (χ0n) is 22.3.